The van der Waals surface area contributed by atoms with Crippen LogP contribution in [0, 0.1) is 5.82 Å². The second-order valence-electron chi connectivity index (χ2n) is 6.03. The van der Waals surface area contributed by atoms with Crippen LogP contribution in [0.3, 0.4) is 0 Å². The van der Waals surface area contributed by atoms with Crippen molar-refractivity contribution in [1.82, 2.24) is 4.98 Å². The van der Waals surface area contributed by atoms with Crippen molar-refractivity contribution in [3.63, 3.8) is 0 Å². The van der Waals surface area contributed by atoms with E-state index in [0.717, 1.165) is 36.2 Å². The highest BCUT2D eigenvalue weighted by Crippen LogP contribution is 2.18. The van der Waals surface area contributed by atoms with Crippen LogP contribution in [0.5, 0.6) is 0 Å². The maximum Gasteiger partial charge on any atom is 0.261 e. The van der Waals surface area contributed by atoms with Gasteiger partial charge in [-0.2, -0.15) is 0 Å². The fourth-order valence-electron chi connectivity index (χ4n) is 2.47. The zero-order valence-electron chi connectivity index (χ0n) is 15.0. The number of pyridine rings is 1. The van der Waals surface area contributed by atoms with Crippen LogP contribution in [-0.2, 0) is 16.4 Å². The number of sulfonamides is 1. The van der Waals surface area contributed by atoms with Crippen molar-refractivity contribution in [3.8, 4) is 0 Å². The van der Waals surface area contributed by atoms with E-state index in [1.165, 1.54) is 18.5 Å². The molecule has 1 heterocycles. The molecule has 0 atom stereocenters. The minimum atomic E-state index is -3.93. The summed E-state index contributed by atoms with van der Waals surface area (Å²) in [4.78, 5) is 16.2. The Balaban J connectivity index is 1.75. The lowest BCUT2D eigenvalue weighted by Crippen LogP contribution is -2.15. The van der Waals surface area contributed by atoms with E-state index in [1.54, 1.807) is 12.1 Å². The van der Waals surface area contributed by atoms with E-state index in [0.29, 0.717) is 5.69 Å². The molecule has 0 bridgehead atoms. The molecule has 2 aromatic carbocycles. The Kier molecular flexibility index (Phi) is 5.70. The molecule has 1 aromatic heterocycles. The van der Waals surface area contributed by atoms with Gasteiger partial charge in [0.25, 0.3) is 15.9 Å². The van der Waals surface area contributed by atoms with Crippen LogP contribution in [0.2, 0.25) is 0 Å². The smallest absolute Gasteiger partial charge is 0.261 e. The highest BCUT2D eigenvalue weighted by atomic mass is 32.2. The van der Waals surface area contributed by atoms with Crippen LogP contribution in [0.1, 0.15) is 22.8 Å². The van der Waals surface area contributed by atoms with E-state index >= 15 is 0 Å². The van der Waals surface area contributed by atoms with E-state index < -0.39 is 21.7 Å². The normalized spacial score (nSPS) is 11.1. The van der Waals surface area contributed by atoms with Crippen LogP contribution in [0.25, 0.3) is 0 Å². The maximum absolute atomic E-state index is 13.0. The third-order valence-corrected chi connectivity index (χ3v) is 5.39. The Hall–Kier alpha value is -3.26. The van der Waals surface area contributed by atoms with E-state index in [-0.39, 0.29) is 16.1 Å². The lowest BCUT2D eigenvalue weighted by Gasteiger charge is -2.10. The van der Waals surface area contributed by atoms with Gasteiger partial charge < -0.3 is 5.32 Å². The SMILES string of the molecule is CCc1ccc(NC(=O)c2cncc(NS(=O)(=O)c3ccc(F)cc3)c2)cc1. The molecular weight excluding hydrogens is 381 g/mol. The fourth-order valence-corrected chi connectivity index (χ4v) is 3.51. The van der Waals surface area contributed by atoms with E-state index in [2.05, 4.69) is 15.0 Å². The van der Waals surface area contributed by atoms with Gasteiger partial charge in [-0.15, -0.1) is 0 Å². The lowest BCUT2D eigenvalue weighted by molar-refractivity contribution is 0.102. The number of hydrogen-bond acceptors (Lipinski definition) is 4. The topological polar surface area (TPSA) is 88.2 Å². The number of benzene rings is 2. The molecule has 6 nitrogen and oxygen atoms in total. The molecule has 0 aliphatic rings. The van der Waals surface area contributed by atoms with Gasteiger partial charge in [0, 0.05) is 11.9 Å². The number of anilines is 2. The molecule has 0 fully saturated rings. The first-order chi connectivity index (χ1) is 13.4. The van der Waals surface area contributed by atoms with Crippen LogP contribution >= 0.6 is 0 Å². The van der Waals surface area contributed by atoms with Crippen molar-refractivity contribution >= 4 is 27.3 Å². The van der Waals surface area contributed by atoms with Gasteiger partial charge in [-0.25, -0.2) is 12.8 Å². The molecule has 2 N–H and O–H groups in total. The summed E-state index contributed by atoms with van der Waals surface area (Å²) in [5.41, 5.74) is 2.09. The van der Waals surface area contributed by atoms with Crippen LogP contribution < -0.4 is 10.0 Å². The first-order valence-electron chi connectivity index (χ1n) is 8.51. The first kappa shape index (κ1) is 19.5. The molecule has 0 radical (unpaired) electrons. The van der Waals surface area contributed by atoms with E-state index in [4.69, 9.17) is 0 Å². The fraction of sp³-hybridized carbons (Fsp3) is 0.100. The summed E-state index contributed by atoms with van der Waals surface area (Å²) in [5.74, 6) is -0.953. The molecule has 3 rings (SSSR count). The number of rotatable bonds is 6. The molecule has 0 aliphatic heterocycles. The highest BCUT2D eigenvalue weighted by Gasteiger charge is 2.16. The van der Waals surface area contributed by atoms with Gasteiger partial charge >= 0.3 is 0 Å². The molecule has 8 heteroatoms. The Morgan fingerprint density at radius 3 is 2.32 bits per heavy atom. The van der Waals surface area contributed by atoms with Crippen LogP contribution in [0.15, 0.2) is 71.9 Å². The van der Waals surface area contributed by atoms with Crippen molar-refractivity contribution in [1.29, 1.82) is 0 Å². The zero-order valence-corrected chi connectivity index (χ0v) is 15.8. The van der Waals surface area contributed by atoms with Gasteiger partial charge in [0.15, 0.2) is 0 Å². The van der Waals surface area contributed by atoms with Gasteiger partial charge in [-0.05, 0) is 54.4 Å². The van der Waals surface area contributed by atoms with Crippen molar-refractivity contribution in [2.24, 2.45) is 0 Å². The minimum absolute atomic E-state index is 0.0974. The number of hydrogen-bond donors (Lipinski definition) is 2. The van der Waals surface area contributed by atoms with Crippen LogP contribution in [0.4, 0.5) is 15.8 Å². The van der Waals surface area contributed by atoms with E-state index in [9.17, 15) is 17.6 Å². The molecule has 0 unspecified atom stereocenters. The molecule has 0 spiro atoms. The Morgan fingerprint density at radius 2 is 1.68 bits per heavy atom. The number of amides is 1. The molecule has 0 saturated carbocycles. The predicted octanol–water partition coefficient (Wildman–Crippen LogP) is 3.84. The number of nitrogens with one attached hydrogen (secondary N) is 2. The quantitative estimate of drug-likeness (QED) is 0.659. The lowest BCUT2D eigenvalue weighted by atomic mass is 10.1. The van der Waals surface area contributed by atoms with Gasteiger partial charge in [0.05, 0.1) is 22.3 Å². The third kappa shape index (κ3) is 4.72. The number of halogens is 1. The van der Waals surface area contributed by atoms with Crippen molar-refractivity contribution in [3.05, 3.63) is 83.9 Å². The Bertz CT molecular complexity index is 1080. The number of nitrogens with zero attached hydrogens (tertiary/aromatic N) is 1. The van der Waals surface area contributed by atoms with Crippen molar-refractivity contribution in [2.45, 2.75) is 18.2 Å². The molecule has 0 saturated heterocycles. The van der Waals surface area contributed by atoms with Gasteiger partial charge in [0.2, 0.25) is 0 Å². The summed E-state index contributed by atoms with van der Waals surface area (Å²) in [6.07, 6.45) is 3.52. The van der Waals surface area contributed by atoms with Crippen molar-refractivity contribution in [2.75, 3.05) is 10.0 Å². The maximum atomic E-state index is 13.0. The first-order valence-corrected chi connectivity index (χ1v) is 9.99. The summed E-state index contributed by atoms with van der Waals surface area (Å²) in [6, 6.07) is 13.2. The second-order valence-corrected chi connectivity index (χ2v) is 7.71. The third-order valence-electron chi connectivity index (χ3n) is 4.00. The summed E-state index contributed by atoms with van der Waals surface area (Å²) in [5, 5.41) is 2.74. The average molecular weight is 399 g/mol. The van der Waals surface area contributed by atoms with Gasteiger partial charge in [-0.3, -0.25) is 14.5 Å². The minimum Gasteiger partial charge on any atom is -0.322 e. The summed E-state index contributed by atoms with van der Waals surface area (Å²) < 4.78 is 40.1. The molecular formula is C20H18FN3O3S. The monoisotopic (exact) mass is 399 g/mol. The zero-order chi connectivity index (χ0) is 20.1. The summed E-state index contributed by atoms with van der Waals surface area (Å²) in [7, 11) is -3.93. The summed E-state index contributed by atoms with van der Waals surface area (Å²) in [6.45, 7) is 2.04. The van der Waals surface area contributed by atoms with Gasteiger partial charge in [-0.1, -0.05) is 19.1 Å². The molecule has 1 amide bonds. The number of aromatic nitrogens is 1. The van der Waals surface area contributed by atoms with Crippen molar-refractivity contribution < 1.29 is 17.6 Å². The number of carbonyl (C=O) groups is 1. The summed E-state index contributed by atoms with van der Waals surface area (Å²) >= 11 is 0. The second kappa shape index (κ2) is 8.18. The Labute approximate surface area is 162 Å². The van der Waals surface area contributed by atoms with Gasteiger partial charge in [0.1, 0.15) is 5.82 Å². The number of aryl methyl sites for hydroxylation is 1. The molecule has 144 valence electrons. The molecule has 0 aliphatic carbocycles. The van der Waals surface area contributed by atoms with E-state index in [1.807, 2.05) is 19.1 Å². The molecule has 3 aromatic rings. The standard InChI is InChI=1S/C20H18FN3O3S/c1-2-14-3-7-17(8-4-14)23-20(25)15-11-18(13-22-12-15)24-28(26,27)19-9-5-16(21)6-10-19/h3-13,24H,2H2,1H3,(H,23,25). The number of carbonyl (C=O) groups excluding carboxylic acids is 1. The Morgan fingerprint density at radius 1 is 1.00 bits per heavy atom. The predicted molar refractivity (Wildman–Crippen MR) is 105 cm³/mol. The largest absolute Gasteiger partial charge is 0.322 e. The average Bonchev–Trinajstić information content (AvgIpc) is 2.69. The van der Waals surface area contributed by atoms with Crippen LogP contribution in [-0.4, -0.2) is 19.3 Å². The highest BCUT2D eigenvalue weighted by molar-refractivity contribution is 7.92. The molecule has 28 heavy (non-hydrogen) atoms.